The molecule has 1 unspecified atom stereocenters. The quantitative estimate of drug-likeness (QED) is 0.431. The maximum absolute atomic E-state index is 10.9. The molecule has 0 aromatic heterocycles. The highest BCUT2D eigenvalue weighted by atomic mass is 16.6. The number of aliphatic carboxylic acids is 1. The van der Waals surface area contributed by atoms with Crippen LogP contribution in [0.2, 0.25) is 0 Å². The van der Waals surface area contributed by atoms with E-state index in [1.54, 1.807) is 0 Å². The van der Waals surface area contributed by atoms with Crippen LogP contribution in [0.15, 0.2) is 24.3 Å². The Morgan fingerprint density at radius 3 is 2.52 bits per heavy atom. The van der Waals surface area contributed by atoms with Crippen LogP contribution in [0.4, 0.5) is 0 Å². The van der Waals surface area contributed by atoms with Crippen molar-refractivity contribution >= 4 is 5.97 Å². The van der Waals surface area contributed by atoms with Gasteiger partial charge in [0.15, 0.2) is 5.60 Å². The monoisotopic (exact) mass is 288 g/mol. The second kappa shape index (κ2) is 7.14. The lowest BCUT2D eigenvalue weighted by Gasteiger charge is -2.07. The average molecular weight is 288 g/mol. The highest BCUT2D eigenvalue weighted by Crippen LogP contribution is 2.33. The number of carboxylic acid groups (broad SMARTS) is 1. The minimum atomic E-state index is -0.866. The first kappa shape index (κ1) is 15.4. The summed E-state index contributed by atoms with van der Waals surface area (Å²) < 4.78 is 10.6. The Morgan fingerprint density at radius 2 is 1.95 bits per heavy atom. The van der Waals surface area contributed by atoms with Gasteiger partial charge in [-0.05, 0) is 43.5 Å². The van der Waals surface area contributed by atoms with Crippen molar-refractivity contribution in [2.24, 2.45) is 0 Å². The van der Waals surface area contributed by atoms with Crippen molar-refractivity contribution in [3.63, 3.8) is 0 Å². The minimum Gasteiger partial charge on any atom is -0.494 e. The Labute approximate surface area is 125 Å². The van der Waals surface area contributed by atoms with Crippen LogP contribution in [0.25, 0.3) is 0 Å². The molecule has 1 N–H and O–H groups in total. The minimum absolute atomic E-state index is 0.360. The molecule has 1 aliphatic rings. The standard InChI is InChI=1S/C17H20O4/c1-2-14-7-9-15(10-8-14)20-12-6-4-3-5-11-17(13-21-17)16(18)19/h1,7-10H,3-6,11-13H2,(H,18,19). The molecule has 112 valence electrons. The van der Waals surface area contributed by atoms with E-state index in [-0.39, 0.29) is 0 Å². The second-order valence-electron chi connectivity index (χ2n) is 5.27. The smallest absolute Gasteiger partial charge is 0.338 e. The fourth-order valence-corrected chi connectivity index (χ4v) is 2.17. The fourth-order valence-electron chi connectivity index (χ4n) is 2.17. The van der Waals surface area contributed by atoms with Crippen LogP contribution in [-0.4, -0.2) is 29.9 Å². The number of rotatable bonds is 9. The van der Waals surface area contributed by atoms with Crippen molar-refractivity contribution in [3.05, 3.63) is 29.8 Å². The van der Waals surface area contributed by atoms with Crippen molar-refractivity contribution in [3.8, 4) is 18.1 Å². The van der Waals surface area contributed by atoms with Crippen LogP contribution in [-0.2, 0) is 9.53 Å². The summed E-state index contributed by atoms with van der Waals surface area (Å²) in [6.07, 6.45) is 9.75. The topological polar surface area (TPSA) is 59.1 Å². The molecule has 1 aromatic rings. The Morgan fingerprint density at radius 1 is 1.29 bits per heavy atom. The maximum atomic E-state index is 10.9. The van der Waals surface area contributed by atoms with Crippen molar-refractivity contribution < 1.29 is 19.4 Å². The van der Waals surface area contributed by atoms with Gasteiger partial charge in [0.05, 0.1) is 13.2 Å². The van der Waals surface area contributed by atoms with Gasteiger partial charge < -0.3 is 14.6 Å². The third kappa shape index (κ3) is 4.51. The van der Waals surface area contributed by atoms with E-state index >= 15 is 0 Å². The van der Waals surface area contributed by atoms with E-state index < -0.39 is 11.6 Å². The number of terminal acetylenes is 1. The predicted octanol–water partition coefficient (Wildman–Crippen LogP) is 2.85. The van der Waals surface area contributed by atoms with E-state index in [0.29, 0.717) is 19.6 Å². The molecule has 0 bridgehead atoms. The molecule has 1 fully saturated rings. The normalized spacial score (nSPS) is 19.8. The molecular weight excluding hydrogens is 268 g/mol. The molecular formula is C17H20O4. The Kier molecular flexibility index (Phi) is 5.24. The van der Waals surface area contributed by atoms with Crippen LogP contribution in [0.3, 0.4) is 0 Å². The molecule has 1 heterocycles. The Balaban J connectivity index is 1.52. The van der Waals surface area contributed by atoms with Gasteiger partial charge in [0.1, 0.15) is 5.75 Å². The van der Waals surface area contributed by atoms with Crippen LogP contribution < -0.4 is 4.74 Å². The van der Waals surface area contributed by atoms with Gasteiger partial charge in [-0.2, -0.15) is 0 Å². The molecule has 0 amide bonds. The summed E-state index contributed by atoms with van der Waals surface area (Å²) >= 11 is 0. The molecule has 1 atom stereocenters. The maximum Gasteiger partial charge on any atom is 0.338 e. The number of ether oxygens (including phenoxy) is 2. The Bertz CT molecular complexity index is 509. The van der Waals surface area contributed by atoms with Gasteiger partial charge in [-0.1, -0.05) is 18.8 Å². The fraction of sp³-hybridized carbons (Fsp3) is 0.471. The molecule has 4 heteroatoms. The molecule has 0 aliphatic carbocycles. The highest BCUT2D eigenvalue weighted by Gasteiger charge is 2.51. The lowest BCUT2D eigenvalue weighted by Crippen LogP contribution is -2.23. The molecule has 4 nitrogen and oxygen atoms in total. The van der Waals surface area contributed by atoms with Crippen LogP contribution in [0.5, 0.6) is 5.75 Å². The largest absolute Gasteiger partial charge is 0.494 e. The van der Waals surface area contributed by atoms with Gasteiger partial charge in [0.25, 0.3) is 0 Å². The number of carboxylic acids is 1. The van der Waals surface area contributed by atoms with E-state index in [1.165, 1.54) is 0 Å². The molecule has 21 heavy (non-hydrogen) atoms. The zero-order chi connectivity index (χ0) is 15.1. The molecule has 0 radical (unpaired) electrons. The summed E-state index contributed by atoms with van der Waals surface area (Å²) in [5, 5.41) is 8.95. The van der Waals surface area contributed by atoms with Crippen LogP contribution >= 0.6 is 0 Å². The first-order valence-corrected chi connectivity index (χ1v) is 7.23. The molecule has 0 spiro atoms. The van der Waals surface area contributed by atoms with Gasteiger partial charge >= 0.3 is 5.97 Å². The van der Waals surface area contributed by atoms with Crippen molar-refractivity contribution in [2.45, 2.75) is 37.7 Å². The zero-order valence-corrected chi connectivity index (χ0v) is 12.0. The van der Waals surface area contributed by atoms with Crippen molar-refractivity contribution in [1.29, 1.82) is 0 Å². The molecule has 2 rings (SSSR count). The number of epoxide rings is 1. The number of unbranched alkanes of at least 4 members (excludes halogenated alkanes) is 3. The lowest BCUT2D eigenvalue weighted by molar-refractivity contribution is -0.143. The van der Waals surface area contributed by atoms with Crippen molar-refractivity contribution in [1.82, 2.24) is 0 Å². The summed E-state index contributed by atoms with van der Waals surface area (Å²) in [7, 11) is 0. The molecule has 0 saturated carbocycles. The van der Waals surface area contributed by atoms with Gasteiger partial charge in [0.2, 0.25) is 0 Å². The van der Waals surface area contributed by atoms with Gasteiger partial charge in [-0.3, -0.25) is 0 Å². The Hall–Kier alpha value is -1.99. The molecule has 1 aromatic carbocycles. The first-order valence-electron chi connectivity index (χ1n) is 7.23. The highest BCUT2D eigenvalue weighted by molar-refractivity contribution is 5.80. The summed E-state index contributed by atoms with van der Waals surface area (Å²) in [4.78, 5) is 10.9. The van der Waals surface area contributed by atoms with Gasteiger partial charge in [-0.25, -0.2) is 4.79 Å². The lowest BCUT2D eigenvalue weighted by atomic mass is 10.0. The summed E-state index contributed by atoms with van der Waals surface area (Å²) in [6.45, 7) is 1.02. The summed E-state index contributed by atoms with van der Waals surface area (Å²) in [6, 6.07) is 7.46. The van der Waals surface area contributed by atoms with Crippen molar-refractivity contribution in [2.75, 3.05) is 13.2 Å². The van der Waals surface area contributed by atoms with Gasteiger partial charge in [0, 0.05) is 5.56 Å². The SMILES string of the molecule is C#Cc1ccc(OCCCCCCC2(C(=O)O)CO2)cc1. The average Bonchev–Trinajstić information content (AvgIpc) is 3.28. The number of benzene rings is 1. The predicted molar refractivity (Wildman–Crippen MR) is 79.3 cm³/mol. The first-order chi connectivity index (χ1) is 10.2. The second-order valence-corrected chi connectivity index (χ2v) is 5.27. The number of hydrogen-bond donors (Lipinski definition) is 1. The van der Waals surface area contributed by atoms with E-state index in [0.717, 1.165) is 37.0 Å². The number of carbonyl (C=O) groups is 1. The number of hydrogen-bond acceptors (Lipinski definition) is 3. The third-order valence-corrected chi connectivity index (χ3v) is 3.65. The van der Waals surface area contributed by atoms with Crippen LogP contribution in [0, 0.1) is 12.3 Å². The van der Waals surface area contributed by atoms with E-state index in [2.05, 4.69) is 5.92 Å². The van der Waals surface area contributed by atoms with E-state index in [9.17, 15) is 4.79 Å². The zero-order valence-electron chi connectivity index (χ0n) is 12.0. The van der Waals surface area contributed by atoms with E-state index in [4.69, 9.17) is 21.0 Å². The molecule has 1 aliphatic heterocycles. The summed E-state index contributed by atoms with van der Waals surface area (Å²) in [5.41, 5.74) is -0.0214. The van der Waals surface area contributed by atoms with Gasteiger partial charge in [-0.15, -0.1) is 6.42 Å². The third-order valence-electron chi connectivity index (χ3n) is 3.65. The van der Waals surface area contributed by atoms with E-state index in [1.807, 2.05) is 24.3 Å². The summed E-state index contributed by atoms with van der Waals surface area (Å²) in [5.74, 6) is 2.55. The van der Waals surface area contributed by atoms with Crippen LogP contribution in [0.1, 0.15) is 37.7 Å². The molecule has 1 saturated heterocycles.